The third kappa shape index (κ3) is 2.99. The molecule has 0 saturated heterocycles. The Balaban J connectivity index is 2.10. The lowest BCUT2D eigenvalue weighted by atomic mass is 10.4. The number of anilines is 1. The number of nitro groups is 1. The van der Waals surface area contributed by atoms with Gasteiger partial charge in [0.15, 0.2) is 11.7 Å². The molecule has 0 radical (unpaired) electrons. The predicted molar refractivity (Wildman–Crippen MR) is 73.8 cm³/mol. The van der Waals surface area contributed by atoms with Crippen molar-refractivity contribution in [2.24, 2.45) is 0 Å². The van der Waals surface area contributed by atoms with Crippen molar-refractivity contribution >= 4 is 28.2 Å². The molecule has 2 rings (SSSR count). The molecule has 8 nitrogen and oxygen atoms in total. The second-order valence-corrected chi connectivity index (χ2v) is 5.47. The van der Waals surface area contributed by atoms with Crippen LogP contribution < -0.4 is 5.32 Å². The maximum Gasteiger partial charge on any atom is 0.345 e. The smallest absolute Gasteiger partial charge is 0.345 e. The van der Waals surface area contributed by atoms with E-state index in [-0.39, 0.29) is 12.4 Å². The van der Waals surface area contributed by atoms with E-state index in [4.69, 9.17) is 0 Å². The highest BCUT2D eigenvalue weighted by atomic mass is 32.1. The van der Waals surface area contributed by atoms with Crippen LogP contribution in [0.1, 0.15) is 16.3 Å². The van der Waals surface area contributed by atoms with Crippen molar-refractivity contribution in [3.63, 3.8) is 0 Å². The van der Waals surface area contributed by atoms with E-state index in [0.717, 1.165) is 15.3 Å². The molecule has 0 fully saturated rings. The Labute approximate surface area is 118 Å². The first kappa shape index (κ1) is 14.1. The summed E-state index contributed by atoms with van der Waals surface area (Å²) in [6, 6.07) is 1.32. The van der Waals surface area contributed by atoms with Crippen LogP contribution in [0.2, 0.25) is 0 Å². The fraction of sp³-hybridized carbons (Fsp3) is 0.364. The average molecular weight is 295 g/mol. The number of hydrogen-bond acceptors (Lipinski definition) is 6. The summed E-state index contributed by atoms with van der Waals surface area (Å²) in [6.07, 6.45) is 0. The monoisotopic (exact) mass is 295 g/mol. The maximum atomic E-state index is 11.9. The van der Waals surface area contributed by atoms with E-state index < -0.39 is 10.8 Å². The summed E-state index contributed by atoms with van der Waals surface area (Å²) in [6.45, 7) is 5.17. The zero-order valence-electron chi connectivity index (χ0n) is 11.2. The zero-order chi connectivity index (χ0) is 14.9. The summed E-state index contributed by atoms with van der Waals surface area (Å²) in [5.41, 5.74) is 1.34. The number of rotatable bonds is 4. The van der Waals surface area contributed by atoms with E-state index in [2.05, 4.69) is 15.4 Å². The van der Waals surface area contributed by atoms with Crippen LogP contribution in [-0.4, -0.2) is 25.6 Å². The Morgan fingerprint density at radius 3 is 2.75 bits per heavy atom. The number of carbonyl (C=O) groups excluding carboxylic acids is 1. The number of amides is 1. The molecule has 2 heterocycles. The van der Waals surface area contributed by atoms with Gasteiger partial charge < -0.3 is 10.1 Å². The zero-order valence-corrected chi connectivity index (χ0v) is 12.0. The normalized spacial score (nSPS) is 10.6. The van der Waals surface area contributed by atoms with Gasteiger partial charge in [-0.15, -0.1) is 16.0 Å². The van der Waals surface area contributed by atoms with Crippen molar-refractivity contribution in [1.82, 2.24) is 14.8 Å². The summed E-state index contributed by atoms with van der Waals surface area (Å²) < 4.78 is 1.07. The van der Waals surface area contributed by atoms with Gasteiger partial charge in [-0.05, 0) is 25.7 Å². The molecule has 1 amide bonds. The quantitative estimate of drug-likeness (QED) is 0.684. The van der Waals surface area contributed by atoms with Crippen LogP contribution in [0.15, 0.2) is 6.07 Å². The number of aromatic nitrogens is 3. The Hall–Kier alpha value is -2.29. The van der Waals surface area contributed by atoms with Gasteiger partial charge >= 0.3 is 5.82 Å². The van der Waals surface area contributed by atoms with E-state index >= 15 is 0 Å². The highest BCUT2D eigenvalue weighted by Gasteiger charge is 2.20. The van der Waals surface area contributed by atoms with Gasteiger partial charge in [0.2, 0.25) is 0 Å². The van der Waals surface area contributed by atoms with Crippen LogP contribution in [0, 0.1) is 30.9 Å². The first-order valence-corrected chi connectivity index (χ1v) is 6.61. The Morgan fingerprint density at radius 1 is 1.50 bits per heavy atom. The topological polar surface area (TPSA) is 103 Å². The number of aryl methyl sites for hydroxylation is 3. The Bertz CT molecular complexity index is 656. The number of thiazole rings is 1. The van der Waals surface area contributed by atoms with Crippen molar-refractivity contribution in [2.75, 3.05) is 5.32 Å². The van der Waals surface area contributed by atoms with Crippen LogP contribution in [0.25, 0.3) is 0 Å². The first-order valence-electron chi connectivity index (χ1n) is 5.79. The van der Waals surface area contributed by atoms with Crippen LogP contribution in [0.5, 0.6) is 0 Å². The van der Waals surface area contributed by atoms with Crippen molar-refractivity contribution in [1.29, 1.82) is 0 Å². The summed E-state index contributed by atoms with van der Waals surface area (Å²) in [4.78, 5) is 27.3. The lowest BCUT2D eigenvalue weighted by Gasteiger charge is -2.00. The van der Waals surface area contributed by atoms with Crippen LogP contribution in [0.3, 0.4) is 0 Å². The fourth-order valence-corrected chi connectivity index (χ4v) is 2.45. The van der Waals surface area contributed by atoms with Gasteiger partial charge in [-0.2, -0.15) is 0 Å². The molecule has 0 saturated carbocycles. The fourth-order valence-electron chi connectivity index (χ4n) is 1.62. The first-order chi connectivity index (χ1) is 9.36. The maximum absolute atomic E-state index is 11.9. The summed E-state index contributed by atoms with van der Waals surface area (Å²) in [5.74, 6) is -0.603. The van der Waals surface area contributed by atoms with Crippen molar-refractivity contribution in [3.8, 4) is 0 Å². The van der Waals surface area contributed by atoms with E-state index in [1.165, 1.54) is 17.4 Å². The molecular weight excluding hydrogens is 282 g/mol. The van der Waals surface area contributed by atoms with Crippen molar-refractivity contribution < 1.29 is 9.72 Å². The minimum absolute atomic E-state index is 0.204. The summed E-state index contributed by atoms with van der Waals surface area (Å²) >= 11 is 1.36. The van der Waals surface area contributed by atoms with E-state index in [9.17, 15) is 14.9 Å². The van der Waals surface area contributed by atoms with Gasteiger partial charge in [-0.3, -0.25) is 10.1 Å². The Kier molecular flexibility index (Phi) is 3.79. The lowest BCUT2D eigenvalue weighted by molar-refractivity contribution is -0.392. The van der Waals surface area contributed by atoms with Crippen molar-refractivity contribution in [2.45, 2.75) is 27.3 Å². The number of nitrogens with zero attached hydrogens (tertiary/aromatic N) is 4. The summed E-state index contributed by atoms with van der Waals surface area (Å²) in [7, 11) is 0. The molecule has 2 aromatic rings. The van der Waals surface area contributed by atoms with E-state index in [0.29, 0.717) is 10.8 Å². The number of carbonyl (C=O) groups is 1. The molecule has 0 aliphatic carbocycles. The third-order valence-electron chi connectivity index (χ3n) is 2.64. The van der Waals surface area contributed by atoms with Crippen LogP contribution >= 0.6 is 11.3 Å². The third-order valence-corrected chi connectivity index (χ3v) is 3.62. The number of hydrogen-bond donors (Lipinski definition) is 1. The highest BCUT2D eigenvalue weighted by Crippen LogP contribution is 2.21. The average Bonchev–Trinajstić information content (AvgIpc) is 2.83. The minimum atomic E-state index is -0.565. The van der Waals surface area contributed by atoms with Gasteiger partial charge in [-0.25, -0.2) is 4.98 Å². The molecule has 106 valence electrons. The summed E-state index contributed by atoms with van der Waals surface area (Å²) in [5, 5.41) is 17.9. The van der Waals surface area contributed by atoms with Crippen LogP contribution in [0.4, 0.5) is 10.9 Å². The van der Waals surface area contributed by atoms with Gasteiger partial charge in [-0.1, -0.05) is 5.10 Å². The molecule has 1 N–H and O–H groups in total. The molecule has 0 spiro atoms. The largest absolute Gasteiger partial charge is 0.358 e. The molecule has 20 heavy (non-hydrogen) atoms. The minimum Gasteiger partial charge on any atom is -0.358 e. The van der Waals surface area contributed by atoms with Gasteiger partial charge in [0.25, 0.3) is 5.91 Å². The highest BCUT2D eigenvalue weighted by molar-refractivity contribution is 7.15. The molecule has 0 aromatic carbocycles. The Morgan fingerprint density at radius 2 is 2.20 bits per heavy atom. The van der Waals surface area contributed by atoms with Gasteiger partial charge in [0.1, 0.15) is 0 Å². The molecule has 9 heteroatoms. The van der Waals surface area contributed by atoms with Crippen LogP contribution in [-0.2, 0) is 11.3 Å². The number of nitrogens with one attached hydrogen (secondary N) is 1. The lowest BCUT2D eigenvalue weighted by Crippen LogP contribution is -2.20. The molecule has 0 atom stereocenters. The second kappa shape index (κ2) is 5.37. The molecule has 0 unspecified atom stereocenters. The van der Waals surface area contributed by atoms with Gasteiger partial charge in [0.05, 0.1) is 17.5 Å². The second-order valence-electron chi connectivity index (χ2n) is 4.27. The van der Waals surface area contributed by atoms with E-state index in [1.54, 1.807) is 6.92 Å². The molecule has 2 aromatic heterocycles. The standard InChI is InChI=1S/C11H13N5O3S/c1-6-4-10(16(18)19)15(14-6)5-9(17)13-11-12-7(2)8(3)20-11/h4H,5H2,1-3H3,(H,12,13,17). The van der Waals surface area contributed by atoms with E-state index in [1.807, 2.05) is 13.8 Å². The molecule has 0 bridgehead atoms. The predicted octanol–water partition coefficient (Wildman–Crippen LogP) is 1.81. The SMILES string of the molecule is Cc1cc([N+](=O)[O-])n(CC(=O)Nc2nc(C)c(C)s2)n1. The molecule has 0 aliphatic rings. The van der Waals surface area contributed by atoms with Crippen molar-refractivity contribution in [3.05, 3.63) is 32.4 Å². The molecule has 0 aliphatic heterocycles. The molecular formula is C11H13N5O3S. The van der Waals surface area contributed by atoms with Gasteiger partial charge in [0, 0.05) is 4.88 Å².